The van der Waals surface area contributed by atoms with Gasteiger partial charge in [-0.15, -0.1) is 0 Å². The second-order valence-electron chi connectivity index (χ2n) is 4.75. The number of nitrogens with zero attached hydrogens (tertiary/aromatic N) is 2. The van der Waals surface area contributed by atoms with E-state index in [9.17, 15) is 0 Å². The van der Waals surface area contributed by atoms with Crippen LogP contribution in [0.3, 0.4) is 0 Å². The molecule has 94 valence electrons. The van der Waals surface area contributed by atoms with E-state index in [4.69, 9.17) is 5.73 Å². The molecule has 3 rings (SSSR count). The quantitative estimate of drug-likeness (QED) is 0.856. The Kier molecular flexibility index (Phi) is 3.13. The summed E-state index contributed by atoms with van der Waals surface area (Å²) in [5.41, 5.74) is 8.78. The average molecular weight is 242 g/mol. The monoisotopic (exact) mass is 242 g/mol. The zero-order chi connectivity index (χ0) is 12.4. The maximum Gasteiger partial charge on any atom is 0.0534 e. The van der Waals surface area contributed by atoms with Gasteiger partial charge in [-0.3, -0.25) is 4.68 Å². The molecule has 0 fully saturated rings. The molecule has 2 unspecified atom stereocenters. The van der Waals surface area contributed by atoms with Gasteiger partial charge in [-0.2, -0.15) is 5.10 Å². The summed E-state index contributed by atoms with van der Waals surface area (Å²) in [5.74, 6) is 0. The van der Waals surface area contributed by atoms with Crippen LogP contribution in [-0.4, -0.2) is 16.3 Å². The van der Waals surface area contributed by atoms with Gasteiger partial charge >= 0.3 is 0 Å². The summed E-state index contributed by atoms with van der Waals surface area (Å²) in [7, 11) is 0. The predicted octanol–water partition coefficient (Wildman–Crippen LogP) is 1.62. The van der Waals surface area contributed by atoms with Crippen LogP contribution in [0.15, 0.2) is 42.7 Å². The predicted molar refractivity (Wildman–Crippen MR) is 71.0 cm³/mol. The smallest absolute Gasteiger partial charge is 0.0534 e. The Morgan fingerprint density at radius 3 is 2.89 bits per heavy atom. The number of aromatic nitrogens is 2. The lowest BCUT2D eigenvalue weighted by Gasteiger charge is -2.13. The molecule has 0 spiro atoms. The number of fused-ring (bicyclic) bond motifs is 1. The fraction of sp³-hybridized carbons (Fsp3) is 0.357. The molecule has 1 aliphatic carbocycles. The van der Waals surface area contributed by atoms with Crippen molar-refractivity contribution in [2.24, 2.45) is 5.73 Å². The Morgan fingerprint density at radius 2 is 2.11 bits per heavy atom. The third-order valence-electron chi connectivity index (χ3n) is 3.55. The molecule has 1 aromatic carbocycles. The van der Waals surface area contributed by atoms with E-state index in [1.54, 1.807) is 6.20 Å². The van der Waals surface area contributed by atoms with Crippen LogP contribution >= 0.6 is 0 Å². The maximum atomic E-state index is 6.15. The minimum Gasteiger partial charge on any atom is -0.324 e. The molecule has 0 saturated heterocycles. The van der Waals surface area contributed by atoms with Gasteiger partial charge in [-0.05, 0) is 23.6 Å². The lowest BCUT2D eigenvalue weighted by Crippen LogP contribution is -2.24. The zero-order valence-electron chi connectivity index (χ0n) is 10.3. The van der Waals surface area contributed by atoms with E-state index < -0.39 is 0 Å². The van der Waals surface area contributed by atoms with Crippen molar-refractivity contribution >= 4 is 0 Å². The Morgan fingerprint density at radius 1 is 1.28 bits per heavy atom. The van der Waals surface area contributed by atoms with Crippen LogP contribution in [0.1, 0.15) is 29.6 Å². The molecule has 2 atom stereocenters. The summed E-state index contributed by atoms with van der Waals surface area (Å²) in [6, 6.07) is 10.9. The molecular weight excluding hydrogens is 224 g/mol. The molecule has 3 N–H and O–H groups in total. The zero-order valence-corrected chi connectivity index (χ0v) is 10.3. The number of hydrogen-bond donors (Lipinski definition) is 2. The summed E-state index contributed by atoms with van der Waals surface area (Å²) in [4.78, 5) is 0. The SMILES string of the molecule is NC1CC(NCCn2cccn2)c2ccccc21. The van der Waals surface area contributed by atoms with Crippen molar-refractivity contribution in [3.63, 3.8) is 0 Å². The van der Waals surface area contributed by atoms with E-state index in [2.05, 4.69) is 34.7 Å². The maximum absolute atomic E-state index is 6.15. The molecule has 4 nitrogen and oxygen atoms in total. The Balaban J connectivity index is 1.61. The van der Waals surface area contributed by atoms with Crippen LogP contribution < -0.4 is 11.1 Å². The fourth-order valence-electron chi connectivity index (χ4n) is 2.65. The van der Waals surface area contributed by atoms with Crippen LogP contribution in [0.5, 0.6) is 0 Å². The first-order chi connectivity index (χ1) is 8.84. The molecule has 1 aromatic heterocycles. The minimum atomic E-state index is 0.170. The van der Waals surface area contributed by atoms with E-state index in [1.165, 1.54) is 11.1 Å². The highest BCUT2D eigenvalue weighted by molar-refractivity contribution is 5.37. The van der Waals surface area contributed by atoms with Gasteiger partial charge in [0.15, 0.2) is 0 Å². The Labute approximate surface area is 107 Å². The molecule has 0 radical (unpaired) electrons. The molecule has 0 saturated carbocycles. The third kappa shape index (κ3) is 2.17. The second kappa shape index (κ2) is 4.92. The highest BCUT2D eigenvalue weighted by Gasteiger charge is 2.27. The normalized spacial score (nSPS) is 22.1. The number of hydrogen-bond acceptors (Lipinski definition) is 3. The standard InChI is InChI=1S/C14H18N4/c15-13-10-14(12-5-2-1-4-11(12)13)16-7-9-18-8-3-6-17-18/h1-6,8,13-14,16H,7,9-10,15H2. The molecule has 4 heteroatoms. The first kappa shape index (κ1) is 11.4. The number of nitrogens with one attached hydrogen (secondary N) is 1. The van der Waals surface area contributed by atoms with Gasteiger partial charge < -0.3 is 11.1 Å². The topological polar surface area (TPSA) is 55.9 Å². The largest absolute Gasteiger partial charge is 0.324 e. The van der Waals surface area contributed by atoms with E-state index in [0.29, 0.717) is 6.04 Å². The van der Waals surface area contributed by atoms with Crippen molar-refractivity contribution < 1.29 is 0 Å². The van der Waals surface area contributed by atoms with Crippen LogP contribution in [0.2, 0.25) is 0 Å². The highest BCUT2D eigenvalue weighted by atomic mass is 15.3. The molecule has 0 bridgehead atoms. The summed E-state index contributed by atoms with van der Waals surface area (Å²) >= 11 is 0. The second-order valence-corrected chi connectivity index (χ2v) is 4.75. The lowest BCUT2D eigenvalue weighted by molar-refractivity contribution is 0.466. The van der Waals surface area contributed by atoms with Crippen molar-refractivity contribution in [2.45, 2.75) is 25.0 Å². The first-order valence-corrected chi connectivity index (χ1v) is 6.40. The van der Waals surface area contributed by atoms with Crippen LogP contribution in [0.4, 0.5) is 0 Å². The van der Waals surface area contributed by atoms with Gasteiger partial charge in [0, 0.05) is 31.0 Å². The third-order valence-corrected chi connectivity index (χ3v) is 3.55. The van der Waals surface area contributed by atoms with Crippen LogP contribution in [-0.2, 0) is 6.54 Å². The average Bonchev–Trinajstić information content (AvgIpc) is 3.00. The Bertz CT molecular complexity index is 506. The lowest BCUT2D eigenvalue weighted by atomic mass is 10.1. The summed E-state index contributed by atoms with van der Waals surface area (Å²) in [6.45, 7) is 1.80. The van der Waals surface area contributed by atoms with Crippen LogP contribution in [0.25, 0.3) is 0 Å². The Hall–Kier alpha value is -1.65. The first-order valence-electron chi connectivity index (χ1n) is 6.40. The van der Waals surface area contributed by atoms with Crippen LogP contribution in [0, 0.1) is 0 Å². The van der Waals surface area contributed by atoms with Gasteiger partial charge in [0.25, 0.3) is 0 Å². The molecule has 2 aromatic rings. The number of nitrogens with two attached hydrogens (primary N) is 1. The molecular formula is C14H18N4. The fourth-order valence-corrected chi connectivity index (χ4v) is 2.65. The van der Waals surface area contributed by atoms with Gasteiger partial charge in [-0.1, -0.05) is 24.3 Å². The summed E-state index contributed by atoms with van der Waals surface area (Å²) in [5, 5.41) is 7.76. The van der Waals surface area contributed by atoms with Crippen molar-refractivity contribution in [3.05, 3.63) is 53.9 Å². The molecule has 0 amide bonds. The molecule has 18 heavy (non-hydrogen) atoms. The number of benzene rings is 1. The highest BCUT2D eigenvalue weighted by Crippen LogP contribution is 2.36. The summed E-state index contributed by atoms with van der Waals surface area (Å²) in [6.07, 6.45) is 4.77. The van der Waals surface area contributed by atoms with Gasteiger partial charge in [0.2, 0.25) is 0 Å². The number of rotatable bonds is 4. The van der Waals surface area contributed by atoms with E-state index in [1.807, 2.05) is 16.9 Å². The van der Waals surface area contributed by atoms with Gasteiger partial charge in [0.1, 0.15) is 0 Å². The van der Waals surface area contributed by atoms with E-state index >= 15 is 0 Å². The van der Waals surface area contributed by atoms with Crippen molar-refractivity contribution in [1.82, 2.24) is 15.1 Å². The molecule has 1 aliphatic rings. The molecule has 0 aliphatic heterocycles. The van der Waals surface area contributed by atoms with Crippen molar-refractivity contribution in [2.75, 3.05) is 6.54 Å². The van der Waals surface area contributed by atoms with E-state index in [-0.39, 0.29) is 6.04 Å². The van der Waals surface area contributed by atoms with Gasteiger partial charge in [0.05, 0.1) is 6.54 Å². The van der Waals surface area contributed by atoms with E-state index in [0.717, 1.165) is 19.5 Å². The van der Waals surface area contributed by atoms with Crippen molar-refractivity contribution in [1.29, 1.82) is 0 Å². The van der Waals surface area contributed by atoms with Crippen molar-refractivity contribution in [3.8, 4) is 0 Å². The summed E-state index contributed by atoms with van der Waals surface area (Å²) < 4.78 is 1.94. The van der Waals surface area contributed by atoms with Gasteiger partial charge in [-0.25, -0.2) is 0 Å². The molecule has 1 heterocycles. The minimum absolute atomic E-state index is 0.170.